The third-order valence-corrected chi connectivity index (χ3v) is 6.27. The lowest BCUT2D eigenvalue weighted by Gasteiger charge is -2.34. The van der Waals surface area contributed by atoms with E-state index in [0.717, 1.165) is 37.7 Å². The van der Waals surface area contributed by atoms with E-state index >= 15 is 0 Å². The van der Waals surface area contributed by atoms with Crippen LogP contribution in [0.5, 0.6) is 0 Å². The van der Waals surface area contributed by atoms with Gasteiger partial charge in [-0.2, -0.15) is 0 Å². The van der Waals surface area contributed by atoms with E-state index in [1.807, 2.05) is 32.0 Å². The molecule has 1 saturated carbocycles. The molecule has 1 aliphatic carbocycles. The van der Waals surface area contributed by atoms with E-state index in [2.05, 4.69) is 12.1 Å². The summed E-state index contributed by atoms with van der Waals surface area (Å²) in [6, 6.07) is 10.0. The van der Waals surface area contributed by atoms with Crippen molar-refractivity contribution in [1.82, 2.24) is 4.90 Å². The highest BCUT2D eigenvalue weighted by atomic mass is 16.5. The molecule has 4 nitrogen and oxygen atoms in total. The molecule has 1 heterocycles. The van der Waals surface area contributed by atoms with Crippen molar-refractivity contribution in [2.24, 2.45) is 11.8 Å². The standard InChI is InChI=1S/C22H30BNO3/c1-15(25)18-12-8-7-11-17(18)14-20-19(13-16-9-5-4-6-10-16)24(21(23)26)22(2,3)27-20/h4-6,9-10,17-20H,7-8,11-14H2,1-3H3. The fourth-order valence-corrected chi connectivity index (χ4v) is 5.11. The molecule has 0 spiro atoms. The lowest BCUT2D eigenvalue weighted by molar-refractivity contribution is -0.124. The van der Waals surface area contributed by atoms with Crippen molar-refractivity contribution in [3.05, 3.63) is 35.9 Å². The summed E-state index contributed by atoms with van der Waals surface area (Å²) in [6.07, 6.45) is 5.70. The summed E-state index contributed by atoms with van der Waals surface area (Å²) in [5, 5.41) is 0. The summed E-state index contributed by atoms with van der Waals surface area (Å²) < 4.78 is 6.35. The molecule has 1 saturated heterocycles. The Labute approximate surface area is 164 Å². The van der Waals surface area contributed by atoms with E-state index in [1.165, 1.54) is 0 Å². The van der Waals surface area contributed by atoms with E-state index in [0.29, 0.717) is 12.3 Å². The number of ether oxygens (including phenoxy) is 1. The first-order valence-corrected chi connectivity index (χ1v) is 10.1. The van der Waals surface area contributed by atoms with Crippen LogP contribution >= 0.6 is 0 Å². The molecule has 5 heteroatoms. The largest absolute Gasteiger partial charge is 0.351 e. The Kier molecular flexibility index (Phi) is 6.10. The SMILES string of the molecule is [B]C(=O)N1C(Cc2ccccc2)C(CC2CCCCC2C(C)=O)OC1(C)C. The number of hydrogen-bond donors (Lipinski definition) is 0. The van der Waals surface area contributed by atoms with Crippen molar-refractivity contribution >= 4 is 19.4 Å². The second-order valence-electron chi connectivity index (χ2n) is 8.57. The third kappa shape index (κ3) is 4.45. The average Bonchev–Trinajstić information content (AvgIpc) is 2.85. The number of Topliss-reactive ketones (excluding diaryl/α,β-unsaturated/α-hetero) is 1. The summed E-state index contributed by atoms with van der Waals surface area (Å²) in [7, 11) is 5.74. The van der Waals surface area contributed by atoms with E-state index in [4.69, 9.17) is 12.6 Å². The molecule has 1 aromatic rings. The Morgan fingerprint density at radius 1 is 1.19 bits per heavy atom. The topological polar surface area (TPSA) is 46.6 Å². The lowest BCUT2D eigenvalue weighted by Crippen LogP contribution is -2.49. The van der Waals surface area contributed by atoms with Crippen LogP contribution in [0.3, 0.4) is 0 Å². The molecule has 4 atom stereocenters. The van der Waals surface area contributed by atoms with Gasteiger partial charge in [0.2, 0.25) is 7.85 Å². The van der Waals surface area contributed by atoms with E-state index in [9.17, 15) is 9.59 Å². The summed E-state index contributed by atoms with van der Waals surface area (Å²) >= 11 is 0. The fraction of sp³-hybridized carbons (Fsp3) is 0.636. The molecule has 0 N–H and O–H groups in total. The van der Waals surface area contributed by atoms with Crippen LogP contribution in [0, 0.1) is 11.8 Å². The number of hydrogen-bond acceptors (Lipinski definition) is 3. The van der Waals surface area contributed by atoms with Gasteiger partial charge in [-0.3, -0.25) is 9.59 Å². The number of ketones is 1. The van der Waals surface area contributed by atoms with Gasteiger partial charge < -0.3 is 9.64 Å². The van der Waals surface area contributed by atoms with Crippen LogP contribution in [-0.2, 0) is 16.0 Å². The maximum Gasteiger partial charge on any atom is 0.200 e. The van der Waals surface area contributed by atoms with Gasteiger partial charge in [0.15, 0.2) is 5.81 Å². The number of carbonyl (C=O) groups excluding carboxylic acids is 2. The Balaban J connectivity index is 1.84. The quantitative estimate of drug-likeness (QED) is 0.736. The highest BCUT2D eigenvalue weighted by Crippen LogP contribution is 2.41. The maximum atomic E-state index is 12.2. The maximum absolute atomic E-state index is 12.2. The van der Waals surface area contributed by atoms with Gasteiger partial charge in [-0.25, -0.2) is 0 Å². The second kappa shape index (κ2) is 8.18. The molecule has 3 rings (SSSR count). The summed E-state index contributed by atoms with van der Waals surface area (Å²) in [5.74, 6) is 0.270. The zero-order valence-corrected chi connectivity index (χ0v) is 16.7. The number of nitrogens with zero attached hydrogens (tertiary/aromatic N) is 1. The van der Waals surface area contributed by atoms with Crippen LogP contribution in [0.15, 0.2) is 30.3 Å². The van der Waals surface area contributed by atoms with Crippen molar-refractivity contribution in [1.29, 1.82) is 0 Å². The Hall–Kier alpha value is -1.62. The summed E-state index contributed by atoms with van der Waals surface area (Å²) in [6.45, 7) is 5.51. The molecular formula is C22H30BNO3. The summed E-state index contributed by atoms with van der Waals surface area (Å²) in [5.41, 5.74) is 0.419. The first-order chi connectivity index (χ1) is 12.8. The van der Waals surface area contributed by atoms with Crippen LogP contribution < -0.4 is 0 Å². The van der Waals surface area contributed by atoms with Crippen molar-refractivity contribution in [3.8, 4) is 0 Å². The summed E-state index contributed by atoms with van der Waals surface area (Å²) in [4.78, 5) is 26.1. The molecule has 27 heavy (non-hydrogen) atoms. The zero-order chi connectivity index (χ0) is 19.6. The van der Waals surface area contributed by atoms with E-state index in [-0.39, 0.29) is 23.8 Å². The Morgan fingerprint density at radius 3 is 2.48 bits per heavy atom. The first kappa shape index (κ1) is 20.1. The Bertz CT molecular complexity index is 675. The zero-order valence-electron chi connectivity index (χ0n) is 16.7. The van der Waals surface area contributed by atoms with E-state index < -0.39 is 11.5 Å². The molecule has 0 bridgehead atoms. The molecular weight excluding hydrogens is 337 g/mol. The van der Waals surface area contributed by atoms with E-state index in [1.54, 1.807) is 11.8 Å². The highest BCUT2D eigenvalue weighted by Gasteiger charge is 2.49. The molecule has 2 radical (unpaired) electrons. The van der Waals surface area contributed by atoms with Crippen molar-refractivity contribution in [2.45, 2.75) is 77.2 Å². The van der Waals surface area contributed by atoms with Crippen LogP contribution in [0.25, 0.3) is 0 Å². The second-order valence-corrected chi connectivity index (χ2v) is 8.57. The predicted molar refractivity (Wildman–Crippen MR) is 107 cm³/mol. The van der Waals surface area contributed by atoms with Crippen molar-refractivity contribution in [2.75, 3.05) is 0 Å². The lowest BCUT2D eigenvalue weighted by atomic mass is 9.74. The van der Waals surface area contributed by atoms with Gasteiger partial charge in [0.25, 0.3) is 0 Å². The third-order valence-electron chi connectivity index (χ3n) is 6.27. The molecule has 1 aliphatic heterocycles. The van der Waals surface area contributed by atoms with Crippen LogP contribution in [0.2, 0.25) is 0 Å². The minimum absolute atomic E-state index is 0.113. The number of carbonyl (C=O) groups is 2. The molecule has 1 amide bonds. The minimum Gasteiger partial charge on any atom is -0.351 e. The molecule has 1 aromatic carbocycles. The normalized spacial score (nSPS) is 30.3. The van der Waals surface area contributed by atoms with Gasteiger partial charge in [-0.05, 0) is 57.9 Å². The number of amides is 1. The van der Waals surface area contributed by atoms with Crippen LogP contribution in [0.1, 0.15) is 58.4 Å². The predicted octanol–water partition coefficient (Wildman–Crippen LogP) is 4.11. The van der Waals surface area contributed by atoms with Crippen molar-refractivity contribution in [3.63, 3.8) is 0 Å². The fourth-order valence-electron chi connectivity index (χ4n) is 5.11. The Morgan fingerprint density at radius 2 is 1.85 bits per heavy atom. The van der Waals surface area contributed by atoms with Gasteiger partial charge in [0, 0.05) is 5.92 Å². The van der Waals surface area contributed by atoms with Crippen molar-refractivity contribution < 1.29 is 14.3 Å². The van der Waals surface area contributed by atoms with Gasteiger partial charge >= 0.3 is 0 Å². The number of rotatable bonds is 5. The molecule has 2 aliphatic rings. The van der Waals surface area contributed by atoms with Gasteiger partial charge in [0.05, 0.1) is 12.1 Å². The number of benzene rings is 1. The van der Waals surface area contributed by atoms with Gasteiger partial charge in [-0.1, -0.05) is 43.2 Å². The van der Waals surface area contributed by atoms with Crippen LogP contribution in [0.4, 0.5) is 4.79 Å². The average molecular weight is 367 g/mol. The van der Waals surface area contributed by atoms with Gasteiger partial charge in [-0.15, -0.1) is 0 Å². The first-order valence-electron chi connectivity index (χ1n) is 10.1. The smallest absolute Gasteiger partial charge is 0.200 e. The molecule has 2 fully saturated rings. The minimum atomic E-state index is -0.740. The molecule has 144 valence electrons. The molecule has 4 unspecified atom stereocenters. The van der Waals surface area contributed by atoms with Gasteiger partial charge in [0.1, 0.15) is 11.5 Å². The monoisotopic (exact) mass is 367 g/mol. The molecule has 0 aromatic heterocycles. The van der Waals surface area contributed by atoms with Crippen LogP contribution in [-0.4, -0.2) is 42.2 Å². The highest BCUT2D eigenvalue weighted by molar-refractivity contribution is 6.57.